The van der Waals surface area contributed by atoms with E-state index < -0.39 is 45.6 Å². The smallest absolute Gasteiger partial charge is 0.200 e. The first-order valence-electron chi connectivity index (χ1n) is 47.9. The van der Waals surface area contributed by atoms with E-state index in [0.717, 1.165) is 106 Å². The molecule has 0 fully saturated rings. The van der Waals surface area contributed by atoms with E-state index in [1.807, 2.05) is 189 Å². The van der Waals surface area contributed by atoms with Gasteiger partial charge >= 0.3 is 0 Å². The van der Waals surface area contributed by atoms with Gasteiger partial charge in [-0.25, -0.2) is 22.8 Å². The topological polar surface area (TPSA) is 19.4 Å². The lowest BCUT2D eigenvalue weighted by Gasteiger charge is -2.12. The zero-order chi connectivity index (χ0) is 96.2. The van der Waals surface area contributed by atoms with Gasteiger partial charge in [0, 0.05) is 52.3 Å². The Labute approximate surface area is 706 Å². The molecule has 5 nitrogen and oxygen atoms in total. The first kappa shape index (κ1) is 64.6. The summed E-state index contributed by atoms with van der Waals surface area (Å²) in [6.45, 7) is 29.0. The van der Waals surface area contributed by atoms with Crippen LogP contribution in [0.4, 0.5) is 0 Å². The largest absolute Gasteiger partial charge is 0.220 e. The minimum atomic E-state index is -2.45. The molecule has 15 aromatic rings. The Balaban J connectivity index is 0.000000158. The number of aryl methyl sites for hydroxylation is 15. The molecule has 5 aromatic heterocycles. The lowest BCUT2D eigenvalue weighted by Crippen LogP contribution is -2.30. The Morgan fingerprint density at radius 2 is 0.579 bits per heavy atom. The molecule has 1 unspecified atom stereocenters. The molecule has 0 aliphatic heterocycles. The minimum Gasteiger partial charge on any atom is -0.200 e. The lowest BCUT2D eigenvalue weighted by atomic mass is 9.93. The van der Waals surface area contributed by atoms with Gasteiger partial charge in [-0.05, 0) is 306 Å². The van der Waals surface area contributed by atoms with Crippen molar-refractivity contribution in [1.82, 2.24) is 0 Å². The van der Waals surface area contributed by atoms with Crippen LogP contribution >= 0.6 is 0 Å². The number of hydrogen-bond acceptors (Lipinski definition) is 0. The summed E-state index contributed by atoms with van der Waals surface area (Å²) in [6.07, 6.45) is 9.87. The maximum absolute atomic E-state index is 8.42. The fourth-order valence-electron chi connectivity index (χ4n) is 16.0. The van der Waals surface area contributed by atoms with E-state index in [9.17, 15) is 0 Å². The average Bonchev–Trinajstić information content (AvgIpc) is 0.762. The van der Waals surface area contributed by atoms with Crippen LogP contribution in [0.2, 0.25) is 0 Å². The average molecular weight is 1520 g/mol. The van der Waals surface area contributed by atoms with E-state index in [0.29, 0.717) is 39.3 Å². The van der Waals surface area contributed by atoms with Gasteiger partial charge in [-0.3, -0.25) is 0 Å². The predicted octanol–water partition coefficient (Wildman–Crippen LogP) is 25.9. The van der Waals surface area contributed by atoms with Gasteiger partial charge in [0.1, 0.15) is 35.2 Å². The summed E-state index contributed by atoms with van der Waals surface area (Å²) in [4.78, 5) is 0. The van der Waals surface area contributed by atoms with E-state index in [-0.39, 0.29) is 5.92 Å². The standard InChI is InChI=1S/2C23H28N.2C22H26N.C19H20N/c2*1-15(2)11-19-7-8-21-20(14-19)9-10-24(6)23(21)22-13-16(3)12-17(4)18(22)5;2*1-14(2)18-7-8-20-19(13-18)9-10-23(6)22(20)21-12-15(3)11-16(4)17(21)5;1-13-11-14(2)15(3)18(12-13)19-17-8-6-5-7-16(17)9-10-20(19)4/h2*7-10,12-15H,11H2,1-6H3;2*7-14H,1-6H3;5-12H,1-4H3/q5*+1/i4D3,11D2;;1D3,4D3,14D;4D3,14D;. The van der Waals surface area contributed by atoms with E-state index >= 15 is 0 Å². The molecule has 0 N–H and O–H groups in total. The van der Waals surface area contributed by atoms with Crippen LogP contribution in [-0.4, -0.2) is 0 Å². The molecular formula is C109H128N5+5. The normalized spacial score (nSPS) is 14.6. The summed E-state index contributed by atoms with van der Waals surface area (Å²) in [7, 11) is 10.1. The molecule has 5 heterocycles. The zero-order valence-electron chi connectivity index (χ0n) is 87.9. The van der Waals surface area contributed by atoms with Gasteiger partial charge in [0.25, 0.3) is 0 Å². The van der Waals surface area contributed by atoms with Gasteiger partial charge in [0.15, 0.2) is 31.0 Å². The SMILES string of the molecule is Cc1cc(C)c(C)c(-c2c3ccc(CC(C)C)cc3cc[n+]2C)c1.Cc1cc(C)c(C)c(-c2c3ccccc3cc[n+]2C)c1.[2H]C([2H])([2H])c1cc(C)cc(-c2c3ccc(C([2H])(C)C([2H])([2H])[2H])cc3cc[n+]2C)c1C.[2H]C([2H])([2H])c1cc(C)cc(-c2c3ccc(C([2H])(C)C)cc3cc[n+]2C)c1C.[2H]C([2H])([2H])c1cc(C)cc(-c2c3ccc(C([2H])([2H])C(C)C)cc3cc[n+]2C)c1C. The maximum Gasteiger partial charge on any atom is 0.220 e. The summed E-state index contributed by atoms with van der Waals surface area (Å²) in [5, 5.41) is 11.0. The Hall–Kier alpha value is -10.8. The molecule has 1 atom stereocenters. The van der Waals surface area contributed by atoms with E-state index in [1.54, 1.807) is 30.3 Å². The minimum absolute atomic E-state index is 0.139. The Bertz CT molecular complexity index is 6840. The molecule has 0 aliphatic carbocycles. The first-order chi connectivity index (χ1) is 60.3. The number of nitrogens with zero attached hydrogens (tertiary/aromatic N) is 5. The molecule has 0 amide bonds. The Morgan fingerprint density at radius 1 is 0.289 bits per heavy atom. The van der Waals surface area contributed by atoms with Crippen molar-refractivity contribution in [3.63, 3.8) is 0 Å². The Morgan fingerprint density at radius 3 is 0.912 bits per heavy atom. The van der Waals surface area contributed by atoms with Crippen molar-refractivity contribution in [2.75, 3.05) is 0 Å². The van der Waals surface area contributed by atoms with Crippen molar-refractivity contribution in [2.45, 2.75) is 184 Å². The van der Waals surface area contributed by atoms with Crippen molar-refractivity contribution in [2.24, 2.45) is 47.1 Å². The highest BCUT2D eigenvalue weighted by Gasteiger charge is 2.25. The lowest BCUT2D eigenvalue weighted by molar-refractivity contribution is -0.659. The number of benzene rings is 10. The second kappa shape index (κ2) is 35.7. The van der Waals surface area contributed by atoms with Gasteiger partial charge in [-0.1, -0.05) is 180 Å². The van der Waals surface area contributed by atoms with Gasteiger partial charge < -0.3 is 0 Å². The quantitative estimate of drug-likeness (QED) is 0.115. The predicted molar refractivity (Wildman–Crippen MR) is 489 cm³/mol. The van der Waals surface area contributed by atoms with Crippen LogP contribution in [0.15, 0.2) is 219 Å². The highest BCUT2D eigenvalue weighted by molar-refractivity contribution is 5.98. The molecule has 0 saturated heterocycles. The third kappa shape index (κ3) is 18.7. The molecule has 5 heteroatoms. The highest BCUT2D eigenvalue weighted by atomic mass is 14.9. The van der Waals surface area contributed by atoms with Gasteiger partial charge in [0.2, 0.25) is 28.5 Å². The van der Waals surface area contributed by atoms with Crippen LogP contribution in [-0.2, 0) is 48.0 Å². The summed E-state index contributed by atoms with van der Waals surface area (Å²) < 4.78 is 138. The van der Waals surface area contributed by atoms with Crippen LogP contribution in [0.1, 0.15) is 195 Å². The van der Waals surface area contributed by atoms with E-state index in [1.165, 1.54) is 89.9 Å². The molecule has 584 valence electrons. The summed E-state index contributed by atoms with van der Waals surface area (Å²) in [5.74, 6) is -1.85. The first-order valence-corrected chi connectivity index (χ1v) is 39.9. The van der Waals surface area contributed by atoms with E-state index in [2.05, 4.69) is 182 Å². The van der Waals surface area contributed by atoms with Crippen molar-refractivity contribution in [3.05, 3.63) is 325 Å². The maximum atomic E-state index is 8.42. The van der Waals surface area contributed by atoms with Crippen LogP contribution < -0.4 is 22.8 Å². The van der Waals surface area contributed by atoms with Crippen LogP contribution in [0.25, 0.3) is 110 Å². The molecule has 10 aromatic carbocycles. The van der Waals surface area contributed by atoms with Gasteiger partial charge in [-0.2, -0.15) is 0 Å². The molecule has 114 heavy (non-hydrogen) atoms. The number of pyridine rings is 5. The van der Waals surface area contributed by atoms with Crippen LogP contribution in [0.5, 0.6) is 0 Å². The molecule has 0 aliphatic rings. The van der Waals surface area contributed by atoms with Crippen molar-refractivity contribution >= 4 is 53.9 Å². The van der Waals surface area contributed by atoms with Gasteiger partial charge in [-0.15, -0.1) is 0 Å². The molecule has 0 spiro atoms. The summed E-state index contributed by atoms with van der Waals surface area (Å²) >= 11 is 0. The van der Waals surface area contributed by atoms with Gasteiger partial charge in [0.05, 0.1) is 54.7 Å². The third-order valence-electron chi connectivity index (χ3n) is 22.3. The van der Waals surface area contributed by atoms with Crippen molar-refractivity contribution in [3.8, 4) is 56.3 Å². The number of aromatic nitrogens is 5. The molecule has 0 saturated carbocycles. The van der Waals surface area contributed by atoms with Crippen molar-refractivity contribution in [1.29, 1.82) is 0 Å². The molecule has 0 radical (unpaired) electrons. The fourth-order valence-corrected chi connectivity index (χ4v) is 16.0. The number of rotatable bonds is 11. The fraction of sp³-hybridized carbons (Fsp3) is 0.312. The highest BCUT2D eigenvalue weighted by Crippen LogP contribution is 2.38. The summed E-state index contributed by atoms with van der Waals surface area (Å²) in [5.41, 5.74) is 28.3. The number of fused-ring (bicyclic) bond motifs is 5. The molecule has 15 rings (SSSR count). The van der Waals surface area contributed by atoms with E-state index in [4.69, 9.17) is 21.9 Å². The number of hydrogen-bond donors (Lipinski definition) is 0. The second-order valence-electron chi connectivity index (χ2n) is 32.8. The molecule has 0 bridgehead atoms. The molecular weight excluding hydrogens is 1380 g/mol. The summed E-state index contributed by atoms with van der Waals surface area (Å²) in [6, 6.07) is 63.4. The third-order valence-corrected chi connectivity index (χ3v) is 22.3. The van der Waals surface area contributed by atoms with Crippen molar-refractivity contribution < 1.29 is 44.8 Å². The zero-order valence-corrected chi connectivity index (χ0v) is 71.9. The second-order valence-corrected chi connectivity index (χ2v) is 32.8. The van der Waals surface area contributed by atoms with Crippen LogP contribution in [0, 0.1) is 115 Å². The van der Waals surface area contributed by atoms with Crippen LogP contribution in [0.3, 0.4) is 0 Å². The monoisotopic (exact) mass is 1520 g/mol. The Kier molecular flexibility index (Phi) is 20.3.